The number of aromatic nitrogens is 2. The van der Waals surface area contributed by atoms with E-state index in [4.69, 9.17) is 0 Å². The molecule has 2 heterocycles. The van der Waals surface area contributed by atoms with Crippen molar-refractivity contribution in [1.29, 1.82) is 0 Å². The monoisotopic (exact) mass is 585 g/mol. The second kappa shape index (κ2) is 13.3. The molecule has 6 aromatic rings. The number of rotatable bonds is 3. The van der Waals surface area contributed by atoms with Crippen molar-refractivity contribution in [1.82, 2.24) is 9.97 Å². The van der Waals surface area contributed by atoms with Gasteiger partial charge in [-0.05, 0) is 48.5 Å². The standard InChI is InChI=1S/C18H15P.C12H8N2.BrH.Cu/c1-4-10-16(11-5-1)19(17-12-6-2-7-13-17)18-14-8-3-9-15-18;1-3-9-5-6-10-4-2-8-14-12(10)11(9)13-7-1;;/h1-15H;1-8H;1H;/q;;;+1. The molecule has 0 unspecified atom stereocenters. The molecule has 0 atom stereocenters. The Balaban J connectivity index is 0.000000160. The Morgan fingerprint density at radius 2 is 0.771 bits per heavy atom. The Morgan fingerprint density at radius 3 is 1.11 bits per heavy atom. The Morgan fingerprint density at radius 1 is 0.429 bits per heavy atom. The van der Waals surface area contributed by atoms with E-state index < -0.39 is 7.92 Å². The summed E-state index contributed by atoms with van der Waals surface area (Å²) < 4.78 is 0. The summed E-state index contributed by atoms with van der Waals surface area (Å²) in [5, 5.41) is 6.58. The number of nitrogens with zero attached hydrogens (tertiary/aromatic N) is 2. The van der Waals surface area contributed by atoms with Crippen LogP contribution in [0.4, 0.5) is 0 Å². The van der Waals surface area contributed by atoms with Crippen molar-refractivity contribution >= 4 is 59.8 Å². The number of pyridine rings is 2. The van der Waals surface area contributed by atoms with Crippen LogP contribution >= 0.6 is 22.0 Å². The van der Waals surface area contributed by atoms with Gasteiger partial charge >= 0.3 is 28.3 Å². The van der Waals surface area contributed by atoms with E-state index in [0.717, 1.165) is 21.8 Å². The summed E-state index contributed by atoms with van der Waals surface area (Å²) in [4.78, 5) is 8.69. The zero-order valence-electron chi connectivity index (χ0n) is 18.9. The third-order valence-corrected chi connectivity index (χ3v) is 8.26. The third kappa shape index (κ3) is 6.42. The molecule has 2 nitrogen and oxygen atoms in total. The van der Waals surface area contributed by atoms with E-state index in [1.807, 2.05) is 12.1 Å². The third-order valence-electron chi connectivity index (χ3n) is 5.53. The van der Waals surface area contributed by atoms with Gasteiger partial charge in [0, 0.05) is 23.2 Å². The van der Waals surface area contributed by atoms with Gasteiger partial charge in [0.25, 0.3) is 0 Å². The minimum absolute atomic E-state index is 0.877. The molecule has 0 aliphatic carbocycles. The van der Waals surface area contributed by atoms with Crippen molar-refractivity contribution in [3.63, 3.8) is 0 Å². The number of fused-ring (bicyclic) bond motifs is 3. The normalized spacial score (nSPS) is 10.3. The molecule has 2 aromatic heterocycles. The molecule has 6 rings (SSSR count). The molecule has 0 radical (unpaired) electrons. The summed E-state index contributed by atoms with van der Waals surface area (Å²) in [6, 6.07) is 44.6. The molecule has 0 fully saturated rings. The predicted molar refractivity (Wildman–Crippen MR) is 153 cm³/mol. The van der Waals surface area contributed by atoms with Gasteiger partial charge in [-0.3, -0.25) is 9.97 Å². The second-order valence-corrected chi connectivity index (χ2v) is 10.2. The van der Waals surface area contributed by atoms with E-state index in [1.54, 1.807) is 12.4 Å². The van der Waals surface area contributed by atoms with Crippen LogP contribution in [0, 0.1) is 0 Å². The topological polar surface area (TPSA) is 25.8 Å². The molecule has 0 aliphatic rings. The Kier molecular flexibility index (Phi) is 9.57. The Hall–Kier alpha value is -2.87. The molecule has 0 bridgehead atoms. The average Bonchev–Trinajstić information content (AvgIpc) is 2.96. The van der Waals surface area contributed by atoms with Crippen molar-refractivity contribution in [3.8, 4) is 0 Å². The summed E-state index contributed by atoms with van der Waals surface area (Å²) in [7, 11) is -0.877. The summed E-state index contributed by atoms with van der Waals surface area (Å²) in [5.41, 5.74) is 1.95. The van der Waals surface area contributed by atoms with Crippen LogP contribution in [0.15, 0.2) is 140 Å². The van der Waals surface area contributed by atoms with Crippen molar-refractivity contribution in [2.45, 2.75) is 0 Å². The summed E-state index contributed by atoms with van der Waals surface area (Å²) in [6.45, 7) is 0. The Labute approximate surface area is 222 Å². The van der Waals surface area contributed by atoms with Crippen LogP contribution < -0.4 is 15.9 Å². The molecule has 0 N–H and O–H groups in total. The van der Waals surface area contributed by atoms with Gasteiger partial charge in [-0.25, -0.2) is 0 Å². The maximum absolute atomic E-state index is 4.35. The first-order valence-electron chi connectivity index (χ1n) is 11.1. The number of hydrogen-bond acceptors (Lipinski definition) is 2. The van der Waals surface area contributed by atoms with Crippen LogP contribution in [0.3, 0.4) is 0 Å². The quantitative estimate of drug-likeness (QED) is 0.129. The Bertz CT molecular complexity index is 1320. The maximum Gasteiger partial charge on any atom is 0.102 e. The summed E-state index contributed by atoms with van der Waals surface area (Å²) >= 11 is 6.50. The van der Waals surface area contributed by atoms with Crippen molar-refractivity contribution in [2.24, 2.45) is 0 Å². The van der Waals surface area contributed by atoms with E-state index in [9.17, 15) is 0 Å². The molecule has 0 aliphatic heterocycles. The molecule has 35 heavy (non-hydrogen) atoms. The average molecular weight is 587 g/mol. The first-order valence-corrected chi connectivity index (χ1v) is 15.0. The van der Waals surface area contributed by atoms with Gasteiger partial charge in [0.05, 0.1) is 19.0 Å². The maximum atomic E-state index is 4.35. The number of benzene rings is 4. The molecule has 0 spiro atoms. The molecule has 4 aromatic carbocycles. The zero-order valence-corrected chi connectivity index (χ0v) is 22.4. The van der Waals surface area contributed by atoms with Crippen LogP contribution in [0.2, 0.25) is 0 Å². The molecule has 176 valence electrons. The van der Waals surface area contributed by atoms with Gasteiger partial charge in [-0.15, -0.1) is 0 Å². The van der Waals surface area contributed by atoms with E-state index in [0.29, 0.717) is 0 Å². The smallest absolute Gasteiger partial charge is 0.102 e. The van der Waals surface area contributed by atoms with Crippen molar-refractivity contribution in [2.75, 3.05) is 0 Å². The minimum atomic E-state index is -0.877. The molecule has 5 heteroatoms. The van der Waals surface area contributed by atoms with E-state index in [2.05, 4.69) is 154 Å². The van der Waals surface area contributed by atoms with E-state index >= 15 is 0 Å². The minimum Gasteiger partial charge on any atom is -0.254 e. The van der Waals surface area contributed by atoms with Crippen LogP contribution in [0.1, 0.15) is 0 Å². The fourth-order valence-electron chi connectivity index (χ4n) is 3.99. The summed E-state index contributed by atoms with van der Waals surface area (Å²) in [5.74, 6) is 0. The molecular formula is C30H24BrCuN2P+. The predicted octanol–water partition coefficient (Wildman–Crippen LogP) is 6.80. The van der Waals surface area contributed by atoms with Crippen LogP contribution in [-0.2, 0) is 14.2 Å². The largest absolute Gasteiger partial charge is 0.254 e. The van der Waals surface area contributed by atoms with Gasteiger partial charge in [-0.1, -0.05) is 78.9 Å². The van der Waals surface area contributed by atoms with Crippen LogP contribution in [0.5, 0.6) is 0 Å². The zero-order chi connectivity index (χ0) is 24.3. The van der Waals surface area contributed by atoms with Gasteiger partial charge in [0.1, 0.15) is 15.9 Å². The molecule has 0 amide bonds. The molecular weight excluding hydrogens is 563 g/mol. The summed E-state index contributed by atoms with van der Waals surface area (Å²) in [6.07, 6.45) is 3.60. The fraction of sp³-hybridized carbons (Fsp3) is 0. The van der Waals surface area contributed by atoms with Crippen molar-refractivity contribution in [3.05, 3.63) is 140 Å². The van der Waals surface area contributed by atoms with Gasteiger partial charge in [0.2, 0.25) is 0 Å². The SMILES string of the molecule is [Cu][Br].c1ccc([PH+](c2ccccc2)c2ccccc2)cc1.c1cnc2c(c1)ccc1cccnc12. The van der Waals surface area contributed by atoms with E-state index in [-0.39, 0.29) is 0 Å². The van der Waals surface area contributed by atoms with Crippen molar-refractivity contribution < 1.29 is 14.2 Å². The second-order valence-electron chi connectivity index (χ2n) is 7.69. The first kappa shape index (κ1) is 25.2. The van der Waals surface area contributed by atoms with Crippen LogP contribution in [0.25, 0.3) is 21.8 Å². The van der Waals surface area contributed by atoms with Gasteiger partial charge in [0.15, 0.2) is 0 Å². The first-order chi connectivity index (χ1) is 17.4. The molecule has 0 saturated heterocycles. The molecule has 0 saturated carbocycles. The van der Waals surface area contributed by atoms with E-state index in [1.165, 1.54) is 15.9 Å². The number of hydrogen-bond donors (Lipinski definition) is 0. The number of halogens is 1. The fourth-order valence-corrected chi connectivity index (χ4v) is 6.57. The van der Waals surface area contributed by atoms with Gasteiger partial charge < -0.3 is 0 Å². The van der Waals surface area contributed by atoms with Gasteiger partial charge in [-0.2, -0.15) is 0 Å². The van der Waals surface area contributed by atoms with Crippen LogP contribution in [-0.4, -0.2) is 9.97 Å².